The lowest BCUT2D eigenvalue weighted by Crippen LogP contribution is -2.45. The molecule has 38 heavy (non-hydrogen) atoms. The Labute approximate surface area is 224 Å². The first kappa shape index (κ1) is 25.8. The van der Waals surface area contributed by atoms with E-state index in [1.54, 1.807) is 7.11 Å². The van der Waals surface area contributed by atoms with Crippen molar-refractivity contribution in [1.82, 2.24) is 10.2 Å². The van der Waals surface area contributed by atoms with E-state index in [1.807, 2.05) is 71.6 Å². The molecule has 0 radical (unpaired) electrons. The van der Waals surface area contributed by atoms with Crippen LogP contribution in [-0.4, -0.2) is 63.2 Å². The third-order valence-corrected chi connectivity index (χ3v) is 7.55. The van der Waals surface area contributed by atoms with Crippen molar-refractivity contribution in [3.05, 3.63) is 89.5 Å². The predicted octanol–water partition coefficient (Wildman–Crippen LogP) is 4.27. The van der Waals surface area contributed by atoms with E-state index in [-0.39, 0.29) is 18.4 Å². The molecule has 0 aromatic heterocycles. The maximum atomic E-state index is 13.1. The zero-order chi connectivity index (χ0) is 26.3. The summed E-state index contributed by atoms with van der Waals surface area (Å²) in [7, 11) is 1.67. The molecule has 198 valence electrons. The number of nitrogens with one attached hydrogen (secondary N) is 1. The Morgan fingerprint density at radius 3 is 2.55 bits per heavy atom. The zero-order valence-electron chi connectivity index (χ0n) is 21.9. The third-order valence-electron chi connectivity index (χ3n) is 7.55. The van der Waals surface area contributed by atoms with Gasteiger partial charge in [-0.15, -0.1) is 0 Å². The highest BCUT2D eigenvalue weighted by atomic mass is 16.5. The minimum atomic E-state index is -0.0255. The third kappa shape index (κ3) is 5.83. The average molecular weight is 514 g/mol. The zero-order valence-corrected chi connectivity index (χ0v) is 21.9. The summed E-state index contributed by atoms with van der Waals surface area (Å²) in [5.74, 6) is 1.93. The minimum Gasteiger partial charge on any atom is -0.496 e. The Morgan fingerprint density at radius 1 is 0.974 bits per heavy atom. The molecule has 2 aliphatic rings. The first-order valence-corrected chi connectivity index (χ1v) is 13.4. The first-order chi connectivity index (χ1) is 18.6. The Bertz CT molecular complexity index is 1270. The van der Waals surface area contributed by atoms with Gasteiger partial charge in [0.1, 0.15) is 11.5 Å². The van der Waals surface area contributed by atoms with Gasteiger partial charge < -0.3 is 24.6 Å². The molecule has 2 heterocycles. The lowest BCUT2D eigenvalue weighted by atomic mass is 9.86. The van der Waals surface area contributed by atoms with Gasteiger partial charge in [-0.2, -0.15) is 0 Å². The summed E-state index contributed by atoms with van der Waals surface area (Å²) in [4.78, 5) is 29.9. The second-order valence-corrected chi connectivity index (χ2v) is 9.82. The standard InChI is InChI=1S/C31H35N3O4/c1-37-28-12-6-2-8-24(28)14-17-32-31(36)26-10-4-3-9-25(26)23-15-18-33(19-16-23)20-21-34-27-11-5-7-13-29(27)38-22-30(34)35/h2-13,23H,14-22H2,1H3,(H,32,36). The van der Waals surface area contributed by atoms with E-state index in [0.29, 0.717) is 25.4 Å². The summed E-state index contributed by atoms with van der Waals surface area (Å²) in [5.41, 5.74) is 3.82. The molecule has 0 atom stereocenters. The van der Waals surface area contributed by atoms with Crippen molar-refractivity contribution in [2.24, 2.45) is 0 Å². The van der Waals surface area contributed by atoms with Crippen molar-refractivity contribution in [2.75, 3.05) is 51.3 Å². The van der Waals surface area contributed by atoms with Gasteiger partial charge >= 0.3 is 0 Å². The highest BCUT2D eigenvalue weighted by molar-refractivity contribution is 5.98. The summed E-state index contributed by atoms with van der Waals surface area (Å²) >= 11 is 0. The molecule has 3 aromatic rings. The van der Waals surface area contributed by atoms with Crippen LogP contribution in [0.1, 0.15) is 40.2 Å². The number of fused-ring (bicyclic) bond motifs is 1. The molecular weight excluding hydrogens is 478 g/mol. The number of hydrogen-bond acceptors (Lipinski definition) is 5. The quantitative estimate of drug-likeness (QED) is 0.463. The molecule has 2 amide bonds. The number of anilines is 1. The SMILES string of the molecule is COc1ccccc1CCNC(=O)c1ccccc1C1CCN(CCN2C(=O)COc3ccccc32)CC1. The van der Waals surface area contributed by atoms with Gasteiger partial charge in [-0.05, 0) is 73.7 Å². The number of hydrogen-bond donors (Lipinski definition) is 1. The van der Waals surface area contributed by atoms with Crippen LogP contribution in [-0.2, 0) is 11.2 Å². The number of rotatable bonds is 9. The lowest BCUT2D eigenvalue weighted by Gasteiger charge is -2.35. The Balaban J connectivity index is 1.14. The topological polar surface area (TPSA) is 71.1 Å². The summed E-state index contributed by atoms with van der Waals surface area (Å²) in [6, 6.07) is 23.6. The van der Waals surface area contributed by atoms with Gasteiger partial charge in [0.2, 0.25) is 0 Å². The average Bonchev–Trinajstić information content (AvgIpc) is 2.97. The van der Waals surface area contributed by atoms with Crippen LogP contribution >= 0.6 is 0 Å². The van der Waals surface area contributed by atoms with Crippen LogP contribution < -0.4 is 19.7 Å². The number of benzene rings is 3. The Kier molecular flexibility index (Phi) is 8.24. The van der Waals surface area contributed by atoms with Crippen LogP contribution in [0.15, 0.2) is 72.8 Å². The molecule has 5 rings (SSSR count). The number of para-hydroxylation sites is 3. The highest BCUT2D eigenvalue weighted by Gasteiger charge is 2.28. The van der Waals surface area contributed by atoms with Gasteiger partial charge in [-0.3, -0.25) is 9.59 Å². The number of nitrogens with zero attached hydrogens (tertiary/aromatic N) is 2. The molecule has 3 aromatic carbocycles. The molecule has 0 saturated carbocycles. The predicted molar refractivity (Wildman–Crippen MR) is 148 cm³/mol. The first-order valence-electron chi connectivity index (χ1n) is 13.4. The molecule has 1 saturated heterocycles. The lowest BCUT2D eigenvalue weighted by molar-refractivity contribution is -0.121. The number of methoxy groups -OCH3 is 1. The molecule has 0 unspecified atom stereocenters. The second kappa shape index (κ2) is 12.1. The molecule has 7 nitrogen and oxygen atoms in total. The Morgan fingerprint density at radius 2 is 1.71 bits per heavy atom. The fourth-order valence-electron chi connectivity index (χ4n) is 5.48. The van der Waals surface area contributed by atoms with E-state index in [4.69, 9.17) is 9.47 Å². The van der Waals surface area contributed by atoms with Gasteiger partial charge in [0.05, 0.1) is 12.8 Å². The summed E-state index contributed by atoms with van der Waals surface area (Å²) in [5, 5.41) is 3.10. The van der Waals surface area contributed by atoms with Gasteiger partial charge in [-0.1, -0.05) is 48.5 Å². The molecular formula is C31H35N3O4. The number of likely N-dealkylation sites (tertiary alicyclic amines) is 1. The van der Waals surface area contributed by atoms with Crippen molar-refractivity contribution in [3.8, 4) is 11.5 Å². The van der Waals surface area contributed by atoms with Crippen LogP contribution in [0.25, 0.3) is 0 Å². The van der Waals surface area contributed by atoms with Crippen LogP contribution in [0.4, 0.5) is 5.69 Å². The van der Waals surface area contributed by atoms with Gasteiger partial charge in [0.25, 0.3) is 11.8 Å². The van der Waals surface area contributed by atoms with Gasteiger partial charge in [0, 0.05) is 25.2 Å². The van der Waals surface area contributed by atoms with Gasteiger partial charge in [0.15, 0.2) is 6.61 Å². The number of ether oxygens (including phenoxy) is 2. The normalized spacial score (nSPS) is 16.0. The van der Waals surface area contributed by atoms with E-state index in [2.05, 4.69) is 16.3 Å². The van der Waals surface area contributed by atoms with Crippen molar-refractivity contribution < 1.29 is 19.1 Å². The molecule has 7 heteroatoms. The minimum absolute atomic E-state index is 0.00392. The van der Waals surface area contributed by atoms with E-state index in [9.17, 15) is 9.59 Å². The van der Waals surface area contributed by atoms with Crippen LogP contribution in [0, 0.1) is 0 Å². The summed E-state index contributed by atoms with van der Waals surface area (Å²) < 4.78 is 11.0. The van der Waals surface area contributed by atoms with Gasteiger partial charge in [-0.25, -0.2) is 0 Å². The smallest absolute Gasteiger partial charge is 0.265 e. The number of carbonyl (C=O) groups excluding carboxylic acids is 2. The number of amides is 2. The summed E-state index contributed by atoms with van der Waals surface area (Å²) in [6.45, 7) is 3.99. The molecule has 0 aliphatic carbocycles. The number of piperidine rings is 1. The van der Waals surface area contributed by atoms with E-state index in [0.717, 1.165) is 66.4 Å². The molecule has 1 fully saturated rings. The van der Waals surface area contributed by atoms with Crippen molar-refractivity contribution in [1.29, 1.82) is 0 Å². The summed E-state index contributed by atoms with van der Waals surface area (Å²) in [6.07, 6.45) is 2.69. The van der Waals surface area contributed by atoms with E-state index in [1.165, 1.54) is 0 Å². The maximum absolute atomic E-state index is 13.1. The van der Waals surface area contributed by atoms with E-state index < -0.39 is 0 Å². The second-order valence-electron chi connectivity index (χ2n) is 9.82. The van der Waals surface area contributed by atoms with E-state index >= 15 is 0 Å². The number of carbonyl (C=O) groups is 2. The molecule has 2 aliphatic heterocycles. The largest absolute Gasteiger partial charge is 0.496 e. The molecule has 1 N–H and O–H groups in total. The van der Waals surface area contributed by atoms with Crippen molar-refractivity contribution in [3.63, 3.8) is 0 Å². The highest BCUT2D eigenvalue weighted by Crippen LogP contribution is 2.33. The molecule has 0 spiro atoms. The molecule has 0 bridgehead atoms. The van der Waals surface area contributed by atoms with Crippen LogP contribution in [0.3, 0.4) is 0 Å². The van der Waals surface area contributed by atoms with Crippen molar-refractivity contribution in [2.45, 2.75) is 25.2 Å². The fraction of sp³-hybridized carbons (Fsp3) is 0.355. The Hall–Kier alpha value is -3.84. The van der Waals surface area contributed by atoms with Crippen molar-refractivity contribution >= 4 is 17.5 Å². The monoisotopic (exact) mass is 513 g/mol. The van der Waals surface area contributed by atoms with Crippen LogP contribution in [0.5, 0.6) is 11.5 Å². The van der Waals surface area contributed by atoms with Crippen LogP contribution in [0.2, 0.25) is 0 Å². The maximum Gasteiger partial charge on any atom is 0.265 e. The fourth-order valence-corrected chi connectivity index (χ4v) is 5.48.